The Kier molecular flexibility index (Phi) is 3.61. The van der Waals surface area contributed by atoms with Crippen LogP contribution in [0.25, 0.3) is 0 Å². The molecule has 0 spiro atoms. The SMILES string of the molecule is C=CCOC(=O)[N+]1(N2CCCC2)CCCC1. The average Bonchev–Trinajstić information content (AvgIpc) is 2.95. The normalized spacial score (nSPS) is 24.5. The lowest BCUT2D eigenvalue weighted by atomic mass is 10.4. The van der Waals surface area contributed by atoms with Crippen LogP contribution in [0.2, 0.25) is 0 Å². The van der Waals surface area contributed by atoms with E-state index in [2.05, 4.69) is 11.6 Å². The highest BCUT2D eigenvalue weighted by atomic mass is 16.6. The van der Waals surface area contributed by atoms with Crippen LogP contribution in [0, 0.1) is 0 Å². The lowest BCUT2D eigenvalue weighted by Gasteiger charge is -2.36. The molecule has 2 aliphatic rings. The topological polar surface area (TPSA) is 29.5 Å². The highest BCUT2D eigenvalue weighted by molar-refractivity contribution is 5.59. The molecule has 2 fully saturated rings. The third-order valence-corrected chi connectivity index (χ3v) is 3.59. The van der Waals surface area contributed by atoms with Gasteiger partial charge < -0.3 is 4.74 Å². The summed E-state index contributed by atoms with van der Waals surface area (Å²) in [7, 11) is 0. The molecule has 0 aromatic heterocycles. The van der Waals surface area contributed by atoms with Gasteiger partial charge in [-0.05, 0) is 12.8 Å². The highest BCUT2D eigenvalue weighted by Gasteiger charge is 2.48. The molecule has 90 valence electrons. The number of quaternary nitrogens is 1. The predicted octanol–water partition coefficient (Wildman–Crippen LogP) is 1.93. The average molecular weight is 225 g/mol. The van der Waals surface area contributed by atoms with Gasteiger partial charge in [-0.25, -0.2) is 0 Å². The van der Waals surface area contributed by atoms with Gasteiger partial charge in [0, 0.05) is 25.9 Å². The predicted molar refractivity (Wildman–Crippen MR) is 61.6 cm³/mol. The van der Waals surface area contributed by atoms with E-state index in [0.29, 0.717) is 11.2 Å². The molecule has 0 aliphatic carbocycles. The van der Waals surface area contributed by atoms with Gasteiger partial charge >= 0.3 is 6.09 Å². The summed E-state index contributed by atoms with van der Waals surface area (Å²) in [6.45, 7) is 7.80. The van der Waals surface area contributed by atoms with E-state index in [1.54, 1.807) is 6.08 Å². The van der Waals surface area contributed by atoms with Crippen molar-refractivity contribution in [2.75, 3.05) is 32.8 Å². The van der Waals surface area contributed by atoms with Crippen LogP contribution in [-0.2, 0) is 4.74 Å². The minimum absolute atomic E-state index is 0.0840. The summed E-state index contributed by atoms with van der Waals surface area (Å²) >= 11 is 0. The molecule has 2 rings (SSSR count). The van der Waals surface area contributed by atoms with Crippen LogP contribution >= 0.6 is 0 Å². The number of hydrogen-bond acceptors (Lipinski definition) is 3. The first-order chi connectivity index (χ1) is 7.79. The van der Waals surface area contributed by atoms with E-state index in [4.69, 9.17) is 4.74 Å². The number of rotatable bonds is 3. The molecule has 16 heavy (non-hydrogen) atoms. The number of nitrogens with zero attached hydrogens (tertiary/aromatic N) is 2. The molecule has 2 saturated heterocycles. The monoisotopic (exact) mass is 225 g/mol. The van der Waals surface area contributed by atoms with Crippen LogP contribution < -0.4 is 0 Å². The van der Waals surface area contributed by atoms with Crippen LogP contribution in [0.15, 0.2) is 12.7 Å². The molecular formula is C12H21N2O2+. The standard InChI is InChI=1S/C12H21N2O2/c1-2-11-16-12(15)14(9-5-6-10-14)13-7-3-4-8-13/h2H,1,3-11H2/q+1. The van der Waals surface area contributed by atoms with Crippen molar-refractivity contribution in [2.24, 2.45) is 0 Å². The van der Waals surface area contributed by atoms with Crippen molar-refractivity contribution >= 4 is 6.09 Å². The molecule has 1 amide bonds. The summed E-state index contributed by atoms with van der Waals surface area (Å²) in [5.41, 5.74) is 0. The Morgan fingerprint density at radius 1 is 1.25 bits per heavy atom. The second-order valence-corrected chi connectivity index (χ2v) is 4.60. The van der Waals surface area contributed by atoms with Crippen LogP contribution in [0.3, 0.4) is 0 Å². The highest BCUT2D eigenvalue weighted by Crippen LogP contribution is 2.28. The van der Waals surface area contributed by atoms with Crippen molar-refractivity contribution < 1.29 is 14.1 Å². The summed E-state index contributed by atoms with van der Waals surface area (Å²) in [5, 5.41) is 2.29. The number of hydrogen-bond donors (Lipinski definition) is 0. The van der Waals surface area contributed by atoms with Gasteiger partial charge in [0.2, 0.25) is 0 Å². The first-order valence-electron chi connectivity index (χ1n) is 6.20. The molecule has 0 unspecified atom stereocenters. The van der Waals surface area contributed by atoms with Crippen molar-refractivity contribution in [2.45, 2.75) is 25.7 Å². The quantitative estimate of drug-likeness (QED) is 0.543. The molecular weight excluding hydrogens is 204 g/mol. The molecule has 0 N–H and O–H groups in total. The summed E-state index contributed by atoms with van der Waals surface area (Å²) < 4.78 is 5.70. The molecule has 4 nitrogen and oxygen atoms in total. The maximum Gasteiger partial charge on any atom is 0.536 e. The minimum Gasteiger partial charge on any atom is -0.414 e. The minimum atomic E-state index is -0.0840. The van der Waals surface area contributed by atoms with Crippen molar-refractivity contribution in [1.82, 2.24) is 5.01 Å². The Bertz CT molecular complexity index is 266. The largest absolute Gasteiger partial charge is 0.536 e. The number of carbonyl (C=O) groups excluding carboxylic acids is 1. The number of likely N-dealkylation sites (tertiary alicyclic amines) is 1. The summed E-state index contributed by atoms with van der Waals surface area (Å²) in [5.74, 6) is 0. The van der Waals surface area contributed by atoms with Crippen LogP contribution in [0.5, 0.6) is 0 Å². The van der Waals surface area contributed by atoms with E-state index in [-0.39, 0.29) is 6.09 Å². The lowest BCUT2D eigenvalue weighted by molar-refractivity contribution is -0.960. The number of carbonyl (C=O) groups is 1. The van der Waals surface area contributed by atoms with Gasteiger partial charge in [0.15, 0.2) is 0 Å². The van der Waals surface area contributed by atoms with Gasteiger partial charge in [-0.2, -0.15) is 4.79 Å². The Labute approximate surface area is 97.0 Å². The second kappa shape index (κ2) is 4.97. The van der Waals surface area contributed by atoms with Crippen molar-refractivity contribution in [1.29, 1.82) is 0 Å². The zero-order chi connectivity index (χ0) is 11.4. The Hall–Kier alpha value is -0.870. The molecule has 0 atom stereocenters. The first kappa shape index (κ1) is 11.6. The molecule has 0 radical (unpaired) electrons. The van der Waals surface area contributed by atoms with Gasteiger partial charge in [0.25, 0.3) is 0 Å². The van der Waals surface area contributed by atoms with Crippen molar-refractivity contribution in [3.63, 3.8) is 0 Å². The van der Waals surface area contributed by atoms with E-state index < -0.39 is 0 Å². The fourth-order valence-corrected chi connectivity index (χ4v) is 2.77. The summed E-state index contributed by atoms with van der Waals surface area (Å²) in [6, 6.07) is 0. The molecule has 0 bridgehead atoms. The molecule has 2 heterocycles. The third kappa shape index (κ3) is 1.99. The number of amides is 1. The van der Waals surface area contributed by atoms with Crippen LogP contribution in [0.1, 0.15) is 25.7 Å². The van der Waals surface area contributed by atoms with Gasteiger partial charge in [0.1, 0.15) is 19.7 Å². The molecule has 0 aromatic carbocycles. The number of ether oxygens (including phenoxy) is 1. The van der Waals surface area contributed by atoms with E-state index in [1.807, 2.05) is 0 Å². The zero-order valence-corrected chi connectivity index (χ0v) is 9.86. The van der Waals surface area contributed by atoms with E-state index >= 15 is 0 Å². The summed E-state index contributed by atoms with van der Waals surface area (Å²) in [4.78, 5) is 12.2. The van der Waals surface area contributed by atoms with Gasteiger partial charge in [-0.1, -0.05) is 12.7 Å². The molecule has 2 aliphatic heterocycles. The molecule has 4 heteroatoms. The lowest BCUT2D eigenvalue weighted by Crippen LogP contribution is -2.61. The van der Waals surface area contributed by atoms with E-state index in [9.17, 15) is 4.79 Å². The van der Waals surface area contributed by atoms with Crippen molar-refractivity contribution in [3.05, 3.63) is 12.7 Å². The Balaban J connectivity index is 2.07. The van der Waals surface area contributed by atoms with E-state index in [0.717, 1.165) is 39.0 Å². The van der Waals surface area contributed by atoms with Gasteiger partial charge in [-0.15, -0.1) is 9.60 Å². The summed E-state index contributed by atoms with van der Waals surface area (Å²) in [6.07, 6.45) is 6.21. The smallest absolute Gasteiger partial charge is 0.414 e. The van der Waals surface area contributed by atoms with Gasteiger partial charge in [-0.3, -0.25) is 0 Å². The maximum absolute atomic E-state index is 12.2. The third-order valence-electron chi connectivity index (χ3n) is 3.59. The Morgan fingerprint density at radius 2 is 1.88 bits per heavy atom. The van der Waals surface area contributed by atoms with Crippen molar-refractivity contribution in [3.8, 4) is 0 Å². The zero-order valence-electron chi connectivity index (χ0n) is 9.86. The first-order valence-corrected chi connectivity index (χ1v) is 6.20. The maximum atomic E-state index is 12.2. The fraction of sp³-hybridized carbons (Fsp3) is 0.750. The van der Waals surface area contributed by atoms with Gasteiger partial charge in [0.05, 0.1) is 0 Å². The van der Waals surface area contributed by atoms with Crippen LogP contribution in [-0.4, -0.2) is 48.5 Å². The second-order valence-electron chi connectivity index (χ2n) is 4.60. The fourth-order valence-electron chi connectivity index (χ4n) is 2.77. The van der Waals surface area contributed by atoms with Crippen LogP contribution in [0.4, 0.5) is 4.79 Å². The Morgan fingerprint density at radius 3 is 2.44 bits per heavy atom. The molecule has 0 aromatic rings. The van der Waals surface area contributed by atoms with E-state index in [1.165, 1.54) is 12.8 Å². The molecule has 0 saturated carbocycles.